The van der Waals surface area contributed by atoms with Crippen molar-refractivity contribution >= 4 is 5.97 Å². The van der Waals surface area contributed by atoms with E-state index in [1.165, 1.54) is 0 Å². The number of hydrogen-bond donors (Lipinski definition) is 2. The second kappa shape index (κ2) is 3.46. The molecule has 1 atom stereocenters. The first-order chi connectivity index (χ1) is 6.94. The molecule has 15 heavy (non-hydrogen) atoms. The predicted octanol–water partition coefficient (Wildman–Crippen LogP) is 1.15. The number of carboxylic acid groups (broad SMARTS) is 1. The van der Waals surface area contributed by atoms with Gasteiger partial charge in [-0.05, 0) is 39.5 Å². The van der Waals surface area contributed by atoms with E-state index in [4.69, 9.17) is 9.84 Å². The van der Waals surface area contributed by atoms with Crippen molar-refractivity contribution in [1.82, 2.24) is 5.32 Å². The molecule has 4 heteroatoms. The Balaban J connectivity index is 1.78. The van der Waals surface area contributed by atoms with E-state index < -0.39 is 11.5 Å². The van der Waals surface area contributed by atoms with Gasteiger partial charge in [-0.15, -0.1) is 0 Å². The zero-order valence-corrected chi connectivity index (χ0v) is 9.38. The van der Waals surface area contributed by atoms with Crippen molar-refractivity contribution in [2.24, 2.45) is 0 Å². The van der Waals surface area contributed by atoms with Crippen molar-refractivity contribution in [2.45, 2.75) is 56.8 Å². The van der Waals surface area contributed by atoms with Crippen LogP contribution in [0.15, 0.2) is 0 Å². The highest BCUT2D eigenvalue weighted by Crippen LogP contribution is 2.36. The average Bonchev–Trinajstić information content (AvgIpc) is 2.84. The summed E-state index contributed by atoms with van der Waals surface area (Å²) in [5.41, 5.74) is -0.664. The van der Waals surface area contributed by atoms with E-state index in [9.17, 15) is 4.79 Å². The standard InChI is InChI=1S/C11H19NO3/c1-10(2)4-3-8(15-10)7-12-11(5-6-11)9(13)14/h8,12H,3-7H2,1-2H3,(H,13,14). The highest BCUT2D eigenvalue weighted by molar-refractivity contribution is 5.82. The van der Waals surface area contributed by atoms with Crippen molar-refractivity contribution in [3.63, 3.8) is 0 Å². The van der Waals surface area contributed by atoms with E-state index in [2.05, 4.69) is 19.2 Å². The highest BCUT2D eigenvalue weighted by Gasteiger charge is 2.50. The van der Waals surface area contributed by atoms with Gasteiger partial charge in [0.1, 0.15) is 5.54 Å². The van der Waals surface area contributed by atoms with Crippen LogP contribution in [0.25, 0.3) is 0 Å². The number of carboxylic acids is 1. The molecule has 0 aromatic heterocycles. The third-order valence-corrected chi connectivity index (χ3v) is 3.38. The third kappa shape index (κ3) is 2.32. The van der Waals surface area contributed by atoms with E-state index in [0.717, 1.165) is 25.7 Å². The molecule has 2 aliphatic rings. The number of carbonyl (C=O) groups is 1. The summed E-state index contributed by atoms with van der Waals surface area (Å²) in [5, 5.41) is 12.1. The van der Waals surface area contributed by atoms with Gasteiger partial charge in [0.15, 0.2) is 0 Å². The molecule has 1 saturated heterocycles. The molecule has 86 valence electrons. The largest absolute Gasteiger partial charge is 0.480 e. The maximum atomic E-state index is 10.9. The number of ether oxygens (including phenoxy) is 1. The third-order valence-electron chi connectivity index (χ3n) is 3.38. The first-order valence-electron chi connectivity index (χ1n) is 5.60. The molecule has 0 spiro atoms. The normalized spacial score (nSPS) is 31.5. The van der Waals surface area contributed by atoms with Gasteiger partial charge < -0.3 is 9.84 Å². The summed E-state index contributed by atoms with van der Waals surface area (Å²) in [6, 6.07) is 0. The summed E-state index contributed by atoms with van der Waals surface area (Å²) in [7, 11) is 0. The number of hydrogen-bond acceptors (Lipinski definition) is 3. The van der Waals surface area contributed by atoms with E-state index >= 15 is 0 Å². The molecular formula is C11H19NO3. The Morgan fingerprint density at radius 1 is 1.47 bits per heavy atom. The Morgan fingerprint density at radius 3 is 2.53 bits per heavy atom. The SMILES string of the molecule is CC1(C)CCC(CNC2(C(=O)O)CC2)O1. The van der Waals surface area contributed by atoms with E-state index in [0.29, 0.717) is 6.54 Å². The summed E-state index contributed by atoms with van der Waals surface area (Å²) < 4.78 is 5.80. The second-order valence-electron chi connectivity index (χ2n) is 5.31. The molecule has 2 rings (SSSR count). The van der Waals surface area contributed by atoms with Gasteiger partial charge in [-0.2, -0.15) is 0 Å². The topological polar surface area (TPSA) is 58.6 Å². The number of rotatable bonds is 4. The number of aliphatic carboxylic acids is 1. The Labute approximate surface area is 90.0 Å². The molecule has 0 aromatic carbocycles. The Hall–Kier alpha value is -0.610. The van der Waals surface area contributed by atoms with Gasteiger partial charge in [0, 0.05) is 6.54 Å². The first kappa shape index (κ1) is 10.9. The summed E-state index contributed by atoms with van der Waals surface area (Å²) >= 11 is 0. The van der Waals surface area contributed by atoms with Gasteiger partial charge in [0.05, 0.1) is 11.7 Å². The Bertz CT molecular complexity index is 271. The van der Waals surface area contributed by atoms with Crippen molar-refractivity contribution in [1.29, 1.82) is 0 Å². The minimum Gasteiger partial charge on any atom is -0.480 e. The maximum absolute atomic E-state index is 10.9. The van der Waals surface area contributed by atoms with Crippen molar-refractivity contribution in [2.75, 3.05) is 6.54 Å². The quantitative estimate of drug-likeness (QED) is 0.735. The molecule has 1 aliphatic carbocycles. The molecule has 4 nitrogen and oxygen atoms in total. The van der Waals surface area contributed by atoms with Crippen LogP contribution >= 0.6 is 0 Å². The van der Waals surface area contributed by atoms with Crippen LogP contribution in [-0.2, 0) is 9.53 Å². The van der Waals surface area contributed by atoms with Crippen LogP contribution in [0, 0.1) is 0 Å². The Kier molecular flexibility index (Phi) is 2.51. The van der Waals surface area contributed by atoms with Gasteiger partial charge in [-0.25, -0.2) is 0 Å². The predicted molar refractivity (Wildman–Crippen MR) is 55.8 cm³/mol. The van der Waals surface area contributed by atoms with Gasteiger partial charge in [0.2, 0.25) is 0 Å². The summed E-state index contributed by atoms with van der Waals surface area (Å²) in [4.78, 5) is 10.9. The fourth-order valence-electron chi connectivity index (χ4n) is 2.12. The molecule has 2 N–H and O–H groups in total. The van der Waals surface area contributed by atoms with Gasteiger partial charge in [-0.3, -0.25) is 10.1 Å². The lowest BCUT2D eigenvalue weighted by Crippen LogP contribution is -2.43. The van der Waals surface area contributed by atoms with E-state index in [1.807, 2.05) is 0 Å². The average molecular weight is 213 g/mol. The van der Waals surface area contributed by atoms with Crippen LogP contribution in [0.5, 0.6) is 0 Å². The molecule has 0 radical (unpaired) electrons. The second-order valence-corrected chi connectivity index (χ2v) is 5.31. The fourth-order valence-corrected chi connectivity index (χ4v) is 2.12. The molecular weight excluding hydrogens is 194 g/mol. The summed E-state index contributed by atoms with van der Waals surface area (Å²) in [6.45, 7) is 4.82. The summed E-state index contributed by atoms with van der Waals surface area (Å²) in [6.07, 6.45) is 3.75. The zero-order valence-electron chi connectivity index (χ0n) is 9.38. The van der Waals surface area contributed by atoms with Gasteiger partial charge in [0.25, 0.3) is 0 Å². The maximum Gasteiger partial charge on any atom is 0.323 e. The minimum absolute atomic E-state index is 0.0354. The van der Waals surface area contributed by atoms with Crippen LogP contribution in [-0.4, -0.2) is 34.9 Å². The van der Waals surface area contributed by atoms with Gasteiger partial charge >= 0.3 is 5.97 Å². The van der Waals surface area contributed by atoms with Gasteiger partial charge in [-0.1, -0.05) is 0 Å². The van der Waals surface area contributed by atoms with Crippen LogP contribution in [0.1, 0.15) is 39.5 Å². The fraction of sp³-hybridized carbons (Fsp3) is 0.909. The number of nitrogens with one attached hydrogen (secondary N) is 1. The Morgan fingerprint density at radius 2 is 2.13 bits per heavy atom. The lowest BCUT2D eigenvalue weighted by atomic mass is 10.1. The molecule has 1 heterocycles. The molecule has 0 aromatic rings. The zero-order chi connectivity index (χ0) is 11.1. The van der Waals surface area contributed by atoms with E-state index in [1.54, 1.807) is 0 Å². The lowest BCUT2D eigenvalue weighted by molar-refractivity contribution is -0.140. The first-order valence-corrected chi connectivity index (χ1v) is 5.60. The van der Waals surface area contributed by atoms with Crippen LogP contribution in [0.3, 0.4) is 0 Å². The molecule has 1 unspecified atom stereocenters. The summed E-state index contributed by atoms with van der Waals surface area (Å²) in [5.74, 6) is -0.722. The monoisotopic (exact) mass is 213 g/mol. The molecule has 0 bridgehead atoms. The smallest absolute Gasteiger partial charge is 0.323 e. The molecule has 1 saturated carbocycles. The highest BCUT2D eigenvalue weighted by atomic mass is 16.5. The van der Waals surface area contributed by atoms with Crippen LogP contribution in [0.4, 0.5) is 0 Å². The van der Waals surface area contributed by atoms with Crippen molar-refractivity contribution in [3.8, 4) is 0 Å². The molecule has 0 amide bonds. The molecule has 1 aliphatic heterocycles. The van der Waals surface area contributed by atoms with E-state index in [-0.39, 0.29) is 11.7 Å². The van der Waals surface area contributed by atoms with Crippen LogP contribution in [0.2, 0.25) is 0 Å². The van der Waals surface area contributed by atoms with Crippen molar-refractivity contribution < 1.29 is 14.6 Å². The van der Waals surface area contributed by atoms with Crippen molar-refractivity contribution in [3.05, 3.63) is 0 Å². The lowest BCUT2D eigenvalue weighted by Gasteiger charge is -2.21. The molecule has 2 fully saturated rings. The van der Waals surface area contributed by atoms with Crippen LogP contribution < -0.4 is 5.32 Å². The minimum atomic E-state index is -0.722.